The van der Waals surface area contributed by atoms with Gasteiger partial charge in [0.05, 0.1) is 13.0 Å². The predicted octanol–water partition coefficient (Wildman–Crippen LogP) is 1.65. The van der Waals surface area contributed by atoms with Gasteiger partial charge in [-0.1, -0.05) is 6.92 Å². The molecule has 0 aliphatic carbocycles. The number of hydrogen-bond acceptors (Lipinski definition) is 2. The first-order valence-corrected chi connectivity index (χ1v) is 4.74. The zero-order valence-corrected chi connectivity index (χ0v) is 8.39. The maximum Gasteiger partial charge on any atom is 0.233 e. The predicted molar refractivity (Wildman–Crippen MR) is 48.8 cm³/mol. The number of nitrogens with zero attached hydrogens (tertiary/aromatic N) is 1. The van der Waals surface area contributed by atoms with Crippen LogP contribution in [0.25, 0.3) is 0 Å². The topological polar surface area (TPSA) is 29.5 Å². The minimum atomic E-state index is -0.427. The van der Waals surface area contributed by atoms with Gasteiger partial charge in [-0.2, -0.15) is 0 Å². The minimum Gasteiger partial charge on any atom is -0.350 e. The largest absolute Gasteiger partial charge is 0.350 e. The zero-order chi connectivity index (χ0) is 9.64. The summed E-state index contributed by atoms with van der Waals surface area (Å²) >= 11 is 0. The van der Waals surface area contributed by atoms with Crippen LogP contribution in [0, 0.1) is 0 Å². The smallest absolute Gasteiger partial charge is 0.233 e. The fourth-order valence-corrected chi connectivity index (χ4v) is 2.10. The van der Waals surface area contributed by atoms with Gasteiger partial charge in [-0.25, -0.2) is 0 Å². The minimum absolute atomic E-state index is 0.189. The van der Waals surface area contributed by atoms with Crippen molar-refractivity contribution in [3.05, 3.63) is 11.3 Å². The van der Waals surface area contributed by atoms with E-state index in [4.69, 9.17) is 4.74 Å². The molecule has 2 aliphatic heterocycles. The van der Waals surface area contributed by atoms with Crippen molar-refractivity contribution in [2.75, 3.05) is 6.61 Å². The summed E-state index contributed by atoms with van der Waals surface area (Å²) < 4.78 is 5.56. The maximum atomic E-state index is 11.6. The molecule has 72 valence electrons. The molecule has 13 heavy (non-hydrogen) atoms. The standard InChI is InChI=1S/C10H15NO2/c1-4-7-5-9(12)11-8(7)6-13-10(11,2)3/h4-6H2,1-3H3. The highest BCUT2D eigenvalue weighted by molar-refractivity contribution is 5.85. The number of carbonyl (C=O) groups excluding carboxylic acids is 1. The van der Waals surface area contributed by atoms with Crippen LogP contribution >= 0.6 is 0 Å². The van der Waals surface area contributed by atoms with Gasteiger partial charge in [-0.15, -0.1) is 0 Å². The monoisotopic (exact) mass is 181 g/mol. The van der Waals surface area contributed by atoms with E-state index in [-0.39, 0.29) is 5.91 Å². The summed E-state index contributed by atoms with van der Waals surface area (Å²) in [6.45, 7) is 6.57. The molecule has 2 aliphatic rings. The number of carbonyl (C=O) groups is 1. The van der Waals surface area contributed by atoms with Crippen molar-refractivity contribution in [2.24, 2.45) is 0 Å². The highest BCUT2D eigenvalue weighted by Gasteiger charge is 2.45. The molecule has 1 saturated heterocycles. The molecule has 0 aromatic heterocycles. The average Bonchev–Trinajstić information content (AvgIpc) is 2.53. The zero-order valence-electron chi connectivity index (χ0n) is 8.39. The number of fused-ring (bicyclic) bond motifs is 1. The maximum absolute atomic E-state index is 11.6. The third kappa shape index (κ3) is 1.10. The Morgan fingerprint density at radius 2 is 2.23 bits per heavy atom. The van der Waals surface area contributed by atoms with Crippen molar-refractivity contribution >= 4 is 5.91 Å². The van der Waals surface area contributed by atoms with Crippen LogP contribution < -0.4 is 0 Å². The number of ether oxygens (including phenoxy) is 1. The van der Waals surface area contributed by atoms with Crippen LogP contribution in [0.1, 0.15) is 33.6 Å². The molecule has 3 heteroatoms. The molecule has 0 spiro atoms. The van der Waals surface area contributed by atoms with E-state index in [0.29, 0.717) is 13.0 Å². The normalized spacial score (nSPS) is 25.8. The van der Waals surface area contributed by atoms with Crippen molar-refractivity contribution in [3.8, 4) is 0 Å². The average molecular weight is 181 g/mol. The summed E-state index contributed by atoms with van der Waals surface area (Å²) in [7, 11) is 0. The summed E-state index contributed by atoms with van der Waals surface area (Å²) in [4.78, 5) is 13.5. The molecule has 0 aromatic rings. The van der Waals surface area contributed by atoms with Crippen LogP contribution in [0.5, 0.6) is 0 Å². The van der Waals surface area contributed by atoms with Crippen molar-refractivity contribution in [3.63, 3.8) is 0 Å². The summed E-state index contributed by atoms with van der Waals surface area (Å²) in [6, 6.07) is 0. The summed E-state index contributed by atoms with van der Waals surface area (Å²) in [5.41, 5.74) is 1.93. The van der Waals surface area contributed by atoms with Crippen LogP contribution in [0.4, 0.5) is 0 Å². The van der Waals surface area contributed by atoms with Gasteiger partial charge in [0.1, 0.15) is 5.72 Å². The fourth-order valence-electron chi connectivity index (χ4n) is 2.10. The van der Waals surface area contributed by atoms with E-state index in [9.17, 15) is 4.79 Å². The summed E-state index contributed by atoms with van der Waals surface area (Å²) in [6.07, 6.45) is 1.55. The quantitative estimate of drug-likeness (QED) is 0.615. The highest BCUT2D eigenvalue weighted by Crippen LogP contribution is 2.38. The molecule has 1 amide bonds. The molecular weight excluding hydrogens is 166 g/mol. The Morgan fingerprint density at radius 3 is 2.85 bits per heavy atom. The van der Waals surface area contributed by atoms with Gasteiger partial charge in [-0.05, 0) is 25.8 Å². The lowest BCUT2D eigenvalue weighted by molar-refractivity contribution is -0.140. The van der Waals surface area contributed by atoms with Crippen LogP contribution in [-0.4, -0.2) is 23.1 Å². The molecule has 0 radical (unpaired) electrons. The highest BCUT2D eigenvalue weighted by atomic mass is 16.5. The van der Waals surface area contributed by atoms with Crippen LogP contribution in [0.3, 0.4) is 0 Å². The van der Waals surface area contributed by atoms with Crippen LogP contribution in [-0.2, 0) is 9.53 Å². The molecule has 0 saturated carbocycles. The van der Waals surface area contributed by atoms with Gasteiger partial charge < -0.3 is 4.74 Å². The van der Waals surface area contributed by atoms with Gasteiger partial charge in [0.15, 0.2) is 0 Å². The molecule has 0 N–H and O–H groups in total. The Bertz CT molecular complexity index is 291. The lowest BCUT2D eigenvalue weighted by Gasteiger charge is -2.27. The van der Waals surface area contributed by atoms with Crippen molar-refractivity contribution < 1.29 is 9.53 Å². The molecule has 2 rings (SSSR count). The SMILES string of the molecule is CCC1=C2COC(C)(C)N2C(=O)C1. The van der Waals surface area contributed by atoms with Gasteiger partial charge >= 0.3 is 0 Å². The van der Waals surface area contributed by atoms with Crippen molar-refractivity contribution in [1.29, 1.82) is 0 Å². The summed E-state index contributed by atoms with van der Waals surface area (Å²) in [5.74, 6) is 0.189. The van der Waals surface area contributed by atoms with E-state index in [0.717, 1.165) is 12.1 Å². The Balaban J connectivity index is 2.39. The number of hydrogen-bond donors (Lipinski definition) is 0. The Labute approximate surface area is 78.4 Å². The second-order valence-electron chi connectivity index (χ2n) is 4.05. The van der Waals surface area contributed by atoms with Gasteiger partial charge in [0, 0.05) is 5.70 Å². The first-order valence-electron chi connectivity index (χ1n) is 4.74. The molecule has 2 heterocycles. The lowest BCUT2D eigenvalue weighted by Crippen LogP contribution is -2.40. The lowest BCUT2D eigenvalue weighted by atomic mass is 10.1. The van der Waals surface area contributed by atoms with Crippen LogP contribution in [0.2, 0.25) is 0 Å². The number of amides is 1. The third-order valence-corrected chi connectivity index (χ3v) is 2.82. The van der Waals surface area contributed by atoms with E-state index < -0.39 is 5.72 Å². The van der Waals surface area contributed by atoms with E-state index in [1.54, 1.807) is 0 Å². The second kappa shape index (κ2) is 2.58. The Kier molecular flexibility index (Phi) is 1.74. The van der Waals surface area contributed by atoms with Gasteiger partial charge in [0.2, 0.25) is 5.91 Å². The second-order valence-corrected chi connectivity index (χ2v) is 4.05. The third-order valence-electron chi connectivity index (χ3n) is 2.82. The first kappa shape index (κ1) is 8.75. The van der Waals surface area contributed by atoms with E-state index in [1.807, 2.05) is 18.7 Å². The molecule has 0 aromatic carbocycles. The van der Waals surface area contributed by atoms with Crippen molar-refractivity contribution in [2.45, 2.75) is 39.3 Å². The molecule has 0 bridgehead atoms. The molecular formula is C10H15NO2. The molecule has 1 fully saturated rings. The molecule has 0 atom stereocenters. The Morgan fingerprint density at radius 1 is 1.54 bits per heavy atom. The number of rotatable bonds is 1. The summed E-state index contributed by atoms with van der Waals surface area (Å²) in [5, 5.41) is 0. The molecule has 0 unspecified atom stereocenters. The van der Waals surface area contributed by atoms with Crippen molar-refractivity contribution in [1.82, 2.24) is 4.90 Å². The van der Waals surface area contributed by atoms with Crippen LogP contribution in [0.15, 0.2) is 11.3 Å². The van der Waals surface area contributed by atoms with E-state index in [2.05, 4.69) is 6.92 Å². The first-order chi connectivity index (χ1) is 6.06. The van der Waals surface area contributed by atoms with Gasteiger partial charge in [0.25, 0.3) is 0 Å². The van der Waals surface area contributed by atoms with E-state index >= 15 is 0 Å². The molecule has 3 nitrogen and oxygen atoms in total. The van der Waals surface area contributed by atoms with Gasteiger partial charge in [-0.3, -0.25) is 9.69 Å². The fraction of sp³-hybridized carbons (Fsp3) is 0.700. The Hall–Kier alpha value is -0.830. The van der Waals surface area contributed by atoms with E-state index in [1.165, 1.54) is 5.57 Å².